The number of benzene rings is 1. The second-order valence-corrected chi connectivity index (χ2v) is 9.83. The summed E-state index contributed by atoms with van der Waals surface area (Å²) in [4.78, 5) is 28.8. The molecule has 0 amide bonds. The molecule has 0 aliphatic carbocycles. The summed E-state index contributed by atoms with van der Waals surface area (Å²) < 4.78 is 55.4. The zero-order valence-electron chi connectivity index (χ0n) is 19.7. The van der Waals surface area contributed by atoms with E-state index in [2.05, 4.69) is 29.4 Å². The second kappa shape index (κ2) is 10.2. The Morgan fingerprint density at radius 2 is 1.84 bits per heavy atom. The number of anilines is 1. The number of carbonyl (C=O) groups excluding carboxylic acids is 1. The van der Waals surface area contributed by atoms with Gasteiger partial charge in [-0.1, -0.05) is 6.07 Å². The molecule has 37 heavy (non-hydrogen) atoms. The van der Waals surface area contributed by atoms with Crippen LogP contribution in [0.1, 0.15) is 28.8 Å². The SMILES string of the molecule is COc1ncc(-c2cnc3[nH]cc(C(=O)c4cccc(NS(=O)(=O)NC5CCOCC5)c4F)c3c2)cn1. The zero-order chi connectivity index (χ0) is 26.0. The summed E-state index contributed by atoms with van der Waals surface area (Å²) in [5.74, 6) is -1.61. The molecule has 1 aliphatic rings. The molecule has 3 N–H and O–H groups in total. The topological polar surface area (TPSA) is 148 Å². The number of aromatic amines is 1. The highest BCUT2D eigenvalue weighted by atomic mass is 32.2. The number of nitrogens with one attached hydrogen (secondary N) is 3. The van der Waals surface area contributed by atoms with Crippen LogP contribution in [0, 0.1) is 5.82 Å². The van der Waals surface area contributed by atoms with Crippen molar-refractivity contribution in [3.63, 3.8) is 0 Å². The van der Waals surface area contributed by atoms with Crippen molar-refractivity contribution >= 4 is 32.7 Å². The molecule has 1 aliphatic heterocycles. The predicted molar refractivity (Wildman–Crippen MR) is 133 cm³/mol. The lowest BCUT2D eigenvalue weighted by atomic mass is 10.0. The molecule has 4 aromatic rings. The first-order valence-corrected chi connectivity index (χ1v) is 12.9. The van der Waals surface area contributed by atoms with Crippen molar-refractivity contribution in [3.8, 4) is 17.1 Å². The van der Waals surface area contributed by atoms with Gasteiger partial charge in [0.05, 0.1) is 18.4 Å². The molecule has 0 atom stereocenters. The minimum absolute atomic E-state index is 0.179. The zero-order valence-corrected chi connectivity index (χ0v) is 20.5. The van der Waals surface area contributed by atoms with E-state index in [0.29, 0.717) is 48.2 Å². The molecule has 3 aromatic heterocycles. The maximum absolute atomic E-state index is 15.4. The molecule has 5 rings (SSSR count). The number of nitrogens with zero attached hydrogens (tertiary/aromatic N) is 3. The van der Waals surface area contributed by atoms with E-state index in [1.165, 1.54) is 31.5 Å². The average molecular weight is 527 g/mol. The van der Waals surface area contributed by atoms with Crippen LogP contribution in [0.4, 0.5) is 10.1 Å². The highest BCUT2D eigenvalue weighted by Crippen LogP contribution is 2.28. The number of methoxy groups -OCH3 is 1. The lowest BCUT2D eigenvalue weighted by molar-refractivity contribution is 0.0832. The van der Waals surface area contributed by atoms with Gasteiger partial charge in [-0.2, -0.15) is 13.1 Å². The first kappa shape index (κ1) is 24.7. The van der Waals surface area contributed by atoms with Crippen LogP contribution in [-0.4, -0.2) is 60.5 Å². The maximum Gasteiger partial charge on any atom is 0.316 e. The van der Waals surface area contributed by atoms with Crippen LogP contribution in [-0.2, 0) is 14.9 Å². The lowest BCUT2D eigenvalue weighted by Gasteiger charge is -2.23. The van der Waals surface area contributed by atoms with Crippen molar-refractivity contribution in [2.24, 2.45) is 0 Å². The van der Waals surface area contributed by atoms with Crippen LogP contribution in [0.5, 0.6) is 6.01 Å². The van der Waals surface area contributed by atoms with Gasteiger partial charge in [0, 0.05) is 66.1 Å². The minimum atomic E-state index is -4.07. The van der Waals surface area contributed by atoms with Gasteiger partial charge in [0.2, 0.25) is 0 Å². The van der Waals surface area contributed by atoms with Crippen LogP contribution in [0.2, 0.25) is 0 Å². The quantitative estimate of drug-likeness (QED) is 0.297. The highest BCUT2D eigenvalue weighted by molar-refractivity contribution is 7.90. The Kier molecular flexibility index (Phi) is 6.82. The molecule has 4 heterocycles. The Balaban J connectivity index is 1.43. The van der Waals surface area contributed by atoms with Crippen LogP contribution in [0.3, 0.4) is 0 Å². The molecular formula is C24H23FN6O5S. The number of aromatic nitrogens is 4. The number of fused-ring (bicyclic) bond motifs is 1. The van der Waals surface area contributed by atoms with E-state index in [-0.39, 0.29) is 28.9 Å². The number of carbonyl (C=O) groups is 1. The van der Waals surface area contributed by atoms with Crippen molar-refractivity contribution in [3.05, 3.63) is 66.0 Å². The van der Waals surface area contributed by atoms with Crippen molar-refractivity contribution < 1.29 is 27.1 Å². The molecule has 13 heteroatoms. The fourth-order valence-electron chi connectivity index (χ4n) is 4.06. The smallest absolute Gasteiger partial charge is 0.316 e. The number of hydrogen-bond acceptors (Lipinski definition) is 8. The van der Waals surface area contributed by atoms with Crippen LogP contribution < -0.4 is 14.2 Å². The Labute approximate surface area is 211 Å². The molecule has 0 radical (unpaired) electrons. The summed E-state index contributed by atoms with van der Waals surface area (Å²) in [6.45, 7) is 0.885. The number of hydrogen-bond donors (Lipinski definition) is 3. The van der Waals surface area contributed by atoms with Gasteiger partial charge in [-0.3, -0.25) is 9.52 Å². The van der Waals surface area contributed by atoms with Gasteiger partial charge in [0.1, 0.15) is 5.65 Å². The second-order valence-electron chi connectivity index (χ2n) is 8.39. The van der Waals surface area contributed by atoms with Crippen molar-refractivity contribution in [1.82, 2.24) is 24.7 Å². The third-order valence-electron chi connectivity index (χ3n) is 5.95. The highest BCUT2D eigenvalue weighted by Gasteiger charge is 2.24. The van der Waals surface area contributed by atoms with Gasteiger partial charge in [-0.15, -0.1) is 0 Å². The molecule has 0 saturated carbocycles. The van der Waals surface area contributed by atoms with E-state index in [0.717, 1.165) is 0 Å². The number of ketones is 1. The van der Waals surface area contributed by atoms with Gasteiger partial charge < -0.3 is 14.5 Å². The number of ether oxygens (including phenoxy) is 2. The maximum atomic E-state index is 15.4. The number of rotatable bonds is 8. The van der Waals surface area contributed by atoms with Crippen molar-refractivity contribution in [2.45, 2.75) is 18.9 Å². The number of pyridine rings is 1. The van der Waals surface area contributed by atoms with E-state index in [4.69, 9.17) is 9.47 Å². The molecule has 0 unspecified atom stereocenters. The fourth-order valence-corrected chi connectivity index (χ4v) is 5.24. The monoisotopic (exact) mass is 526 g/mol. The largest absolute Gasteiger partial charge is 0.467 e. The Morgan fingerprint density at radius 1 is 1.11 bits per heavy atom. The molecule has 1 aromatic carbocycles. The van der Waals surface area contributed by atoms with E-state index in [9.17, 15) is 13.2 Å². The summed E-state index contributed by atoms with van der Waals surface area (Å²) in [5, 5.41) is 0.463. The van der Waals surface area contributed by atoms with Crippen LogP contribution >= 0.6 is 0 Å². The molecule has 192 valence electrons. The fraction of sp³-hybridized carbons (Fsp3) is 0.250. The normalized spacial score (nSPS) is 14.5. The van der Waals surface area contributed by atoms with Crippen LogP contribution in [0.15, 0.2) is 49.1 Å². The van der Waals surface area contributed by atoms with Crippen molar-refractivity contribution in [1.29, 1.82) is 0 Å². The van der Waals surface area contributed by atoms with Gasteiger partial charge in [0.25, 0.3) is 10.2 Å². The predicted octanol–water partition coefficient (Wildman–Crippen LogP) is 2.82. The third-order valence-corrected chi connectivity index (χ3v) is 7.08. The standard InChI is InChI=1S/C24H23FN6O5S/c1-35-24-28-11-15(12-29-24)14-9-18-19(13-27-23(18)26-10-14)22(32)17-3-2-4-20(21(17)25)31-37(33,34)30-16-5-7-36-8-6-16/h2-4,9-13,16,30-31H,5-8H2,1H3,(H,26,27). The summed E-state index contributed by atoms with van der Waals surface area (Å²) >= 11 is 0. The lowest BCUT2D eigenvalue weighted by Crippen LogP contribution is -2.41. The molecular weight excluding hydrogens is 503 g/mol. The summed E-state index contributed by atoms with van der Waals surface area (Å²) in [5.41, 5.74) is 1.28. The van der Waals surface area contributed by atoms with Gasteiger partial charge in [-0.25, -0.2) is 19.3 Å². The molecule has 0 spiro atoms. The Morgan fingerprint density at radius 3 is 2.57 bits per heavy atom. The van der Waals surface area contributed by atoms with E-state index in [1.54, 1.807) is 24.7 Å². The summed E-state index contributed by atoms with van der Waals surface area (Å²) in [6.07, 6.45) is 7.19. The first-order chi connectivity index (χ1) is 17.8. The molecule has 1 fully saturated rings. The summed E-state index contributed by atoms with van der Waals surface area (Å²) in [6, 6.07) is 5.59. The van der Waals surface area contributed by atoms with Gasteiger partial charge in [0.15, 0.2) is 11.6 Å². The minimum Gasteiger partial charge on any atom is -0.467 e. The average Bonchev–Trinajstić information content (AvgIpc) is 3.33. The molecule has 1 saturated heterocycles. The van der Waals surface area contributed by atoms with E-state index < -0.39 is 21.8 Å². The number of halogens is 1. The van der Waals surface area contributed by atoms with Crippen molar-refractivity contribution in [2.75, 3.05) is 25.0 Å². The van der Waals surface area contributed by atoms with Gasteiger partial charge >= 0.3 is 6.01 Å². The molecule has 0 bridgehead atoms. The molecule has 11 nitrogen and oxygen atoms in total. The first-order valence-electron chi connectivity index (χ1n) is 11.4. The van der Waals surface area contributed by atoms with Gasteiger partial charge in [-0.05, 0) is 31.0 Å². The van der Waals surface area contributed by atoms with E-state index in [1.807, 2.05) is 0 Å². The van der Waals surface area contributed by atoms with E-state index >= 15 is 4.39 Å². The Hall–Kier alpha value is -3.94. The summed E-state index contributed by atoms with van der Waals surface area (Å²) in [7, 11) is -2.61. The Bertz CT molecular complexity index is 1550. The van der Waals surface area contributed by atoms with Crippen LogP contribution in [0.25, 0.3) is 22.2 Å². The third kappa shape index (κ3) is 5.28. The number of H-pyrrole nitrogens is 1.